The van der Waals surface area contributed by atoms with Crippen LogP contribution in [0, 0.1) is 0 Å². The summed E-state index contributed by atoms with van der Waals surface area (Å²) in [5.74, 6) is -0.616. The van der Waals surface area contributed by atoms with Crippen molar-refractivity contribution < 1.29 is 14.6 Å². The maximum absolute atomic E-state index is 12.2. The van der Waals surface area contributed by atoms with E-state index in [1.807, 2.05) is 36.4 Å². The molecule has 2 aromatic carbocycles. The topological polar surface area (TPSA) is 46.5 Å². The number of rotatable bonds is 5. The molecule has 0 aliphatic heterocycles. The highest BCUT2D eigenvalue weighted by Gasteiger charge is 2.39. The second kappa shape index (κ2) is 6.35. The molecule has 2 rings (SSSR count). The Labute approximate surface area is 118 Å². The molecule has 0 heterocycles. The van der Waals surface area contributed by atoms with Gasteiger partial charge in [0, 0.05) is 6.42 Å². The Hall–Kier alpha value is -2.13. The first kappa shape index (κ1) is 14.3. The van der Waals surface area contributed by atoms with Crippen LogP contribution in [-0.4, -0.2) is 17.7 Å². The van der Waals surface area contributed by atoms with Gasteiger partial charge in [0.1, 0.15) is 0 Å². The number of hydrogen-bond donors (Lipinski definition) is 1. The van der Waals surface area contributed by atoms with Crippen LogP contribution in [0.1, 0.15) is 18.1 Å². The Morgan fingerprint density at radius 3 is 2.15 bits per heavy atom. The summed E-state index contributed by atoms with van der Waals surface area (Å²) in [4.78, 5) is 12.2. The maximum atomic E-state index is 12.2. The molecular weight excluding hydrogens is 252 g/mol. The van der Waals surface area contributed by atoms with Gasteiger partial charge in [-0.3, -0.25) is 0 Å². The summed E-state index contributed by atoms with van der Waals surface area (Å²) in [6.07, 6.45) is 0.191. The van der Waals surface area contributed by atoms with Crippen molar-refractivity contribution in [3.05, 3.63) is 71.8 Å². The second-order valence-corrected chi connectivity index (χ2v) is 4.61. The predicted molar refractivity (Wildman–Crippen MR) is 77.1 cm³/mol. The van der Waals surface area contributed by atoms with Gasteiger partial charge in [-0.05, 0) is 18.1 Å². The van der Waals surface area contributed by atoms with Crippen molar-refractivity contribution in [3.63, 3.8) is 0 Å². The highest BCUT2D eigenvalue weighted by atomic mass is 16.5. The van der Waals surface area contributed by atoms with Crippen LogP contribution in [0.3, 0.4) is 0 Å². The number of aliphatic hydroxyl groups is 1. The Morgan fingerprint density at radius 2 is 1.60 bits per heavy atom. The fourth-order valence-electron chi connectivity index (χ4n) is 2.15. The average Bonchev–Trinajstić information content (AvgIpc) is 2.49. The number of benzene rings is 2. The number of esters is 1. The largest absolute Gasteiger partial charge is 0.464 e. The molecule has 104 valence electrons. The first-order valence-electron chi connectivity index (χ1n) is 6.66. The lowest BCUT2D eigenvalue weighted by Crippen LogP contribution is -2.39. The fourth-order valence-corrected chi connectivity index (χ4v) is 2.15. The molecule has 2 aromatic rings. The number of hydrogen-bond acceptors (Lipinski definition) is 3. The number of carbonyl (C=O) groups is 1. The molecule has 0 unspecified atom stereocenters. The smallest absolute Gasteiger partial charge is 0.343 e. The van der Waals surface area contributed by atoms with Crippen molar-refractivity contribution >= 4 is 5.97 Å². The monoisotopic (exact) mass is 270 g/mol. The third-order valence-electron chi connectivity index (χ3n) is 3.17. The molecule has 0 aliphatic rings. The summed E-state index contributed by atoms with van der Waals surface area (Å²) in [7, 11) is 0. The van der Waals surface area contributed by atoms with E-state index in [-0.39, 0.29) is 13.0 Å². The van der Waals surface area contributed by atoms with E-state index < -0.39 is 11.6 Å². The van der Waals surface area contributed by atoms with E-state index in [1.54, 1.807) is 31.2 Å². The molecular formula is C17H18O3. The number of ether oxygens (including phenoxy) is 1. The van der Waals surface area contributed by atoms with Gasteiger partial charge in [-0.2, -0.15) is 0 Å². The van der Waals surface area contributed by atoms with Crippen LogP contribution in [0.15, 0.2) is 60.7 Å². The van der Waals surface area contributed by atoms with Gasteiger partial charge >= 0.3 is 5.97 Å². The molecule has 0 radical (unpaired) electrons. The standard InChI is InChI=1S/C17H18O3/c1-2-20-16(18)17(19,15-11-7-4-8-12-15)13-14-9-5-3-6-10-14/h3-12,19H,2,13H2,1H3/t17-/m0/s1. The Kier molecular flexibility index (Phi) is 4.53. The van der Waals surface area contributed by atoms with Gasteiger partial charge in [0.25, 0.3) is 0 Å². The summed E-state index contributed by atoms with van der Waals surface area (Å²) < 4.78 is 5.04. The van der Waals surface area contributed by atoms with Crippen LogP contribution in [0.25, 0.3) is 0 Å². The Bertz CT molecular complexity index is 551. The van der Waals surface area contributed by atoms with E-state index in [0.29, 0.717) is 5.56 Å². The minimum absolute atomic E-state index is 0.191. The lowest BCUT2D eigenvalue weighted by molar-refractivity contribution is -0.166. The van der Waals surface area contributed by atoms with Crippen LogP contribution in [0.5, 0.6) is 0 Å². The summed E-state index contributed by atoms with van der Waals surface area (Å²) in [5, 5.41) is 10.9. The lowest BCUT2D eigenvalue weighted by Gasteiger charge is -2.26. The van der Waals surface area contributed by atoms with Crippen molar-refractivity contribution in [1.82, 2.24) is 0 Å². The zero-order chi connectivity index (χ0) is 14.4. The van der Waals surface area contributed by atoms with Gasteiger partial charge in [0.05, 0.1) is 6.61 Å². The first-order valence-corrected chi connectivity index (χ1v) is 6.66. The molecule has 0 amide bonds. The highest BCUT2D eigenvalue weighted by molar-refractivity contribution is 5.81. The lowest BCUT2D eigenvalue weighted by atomic mass is 9.87. The van der Waals surface area contributed by atoms with E-state index in [0.717, 1.165) is 5.56 Å². The predicted octanol–water partition coefficient (Wildman–Crippen LogP) is 2.68. The van der Waals surface area contributed by atoms with Crippen LogP contribution < -0.4 is 0 Å². The highest BCUT2D eigenvalue weighted by Crippen LogP contribution is 2.27. The molecule has 0 aromatic heterocycles. The van der Waals surface area contributed by atoms with Gasteiger partial charge in [-0.1, -0.05) is 60.7 Å². The van der Waals surface area contributed by atoms with Crippen molar-refractivity contribution in [3.8, 4) is 0 Å². The molecule has 0 spiro atoms. The molecule has 1 N–H and O–H groups in total. The second-order valence-electron chi connectivity index (χ2n) is 4.61. The molecule has 0 aliphatic carbocycles. The van der Waals surface area contributed by atoms with Crippen LogP contribution in [0.4, 0.5) is 0 Å². The normalized spacial score (nSPS) is 13.5. The number of carbonyl (C=O) groups excluding carboxylic acids is 1. The van der Waals surface area contributed by atoms with Gasteiger partial charge in [0.2, 0.25) is 0 Å². The van der Waals surface area contributed by atoms with E-state index >= 15 is 0 Å². The summed E-state index contributed by atoms with van der Waals surface area (Å²) in [5.41, 5.74) is -0.229. The fraction of sp³-hybridized carbons (Fsp3) is 0.235. The van der Waals surface area contributed by atoms with Gasteiger partial charge in [0.15, 0.2) is 5.60 Å². The van der Waals surface area contributed by atoms with Crippen molar-refractivity contribution in [2.75, 3.05) is 6.61 Å². The average molecular weight is 270 g/mol. The minimum atomic E-state index is -1.65. The van der Waals surface area contributed by atoms with Crippen LogP contribution in [-0.2, 0) is 21.6 Å². The summed E-state index contributed by atoms with van der Waals surface area (Å²) in [6, 6.07) is 18.3. The zero-order valence-corrected chi connectivity index (χ0v) is 11.5. The van der Waals surface area contributed by atoms with Crippen LogP contribution in [0.2, 0.25) is 0 Å². The Morgan fingerprint density at radius 1 is 1.05 bits per heavy atom. The third-order valence-corrected chi connectivity index (χ3v) is 3.17. The summed E-state index contributed by atoms with van der Waals surface area (Å²) >= 11 is 0. The summed E-state index contributed by atoms with van der Waals surface area (Å²) in [6.45, 7) is 1.97. The molecule has 3 heteroatoms. The molecule has 0 saturated heterocycles. The minimum Gasteiger partial charge on any atom is -0.464 e. The Balaban J connectivity index is 2.36. The van der Waals surface area contributed by atoms with Crippen molar-refractivity contribution in [2.24, 2.45) is 0 Å². The van der Waals surface area contributed by atoms with Crippen molar-refractivity contribution in [2.45, 2.75) is 18.9 Å². The molecule has 20 heavy (non-hydrogen) atoms. The van der Waals surface area contributed by atoms with E-state index in [2.05, 4.69) is 0 Å². The SMILES string of the molecule is CCOC(=O)[C@](O)(Cc1ccccc1)c1ccccc1. The molecule has 0 bridgehead atoms. The van der Waals surface area contributed by atoms with E-state index in [9.17, 15) is 9.90 Å². The van der Waals surface area contributed by atoms with Crippen LogP contribution >= 0.6 is 0 Å². The van der Waals surface area contributed by atoms with Gasteiger partial charge in [-0.25, -0.2) is 4.79 Å². The molecule has 1 atom stereocenters. The van der Waals surface area contributed by atoms with E-state index in [4.69, 9.17) is 4.74 Å². The van der Waals surface area contributed by atoms with Gasteiger partial charge < -0.3 is 9.84 Å². The van der Waals surface area contributed by atoms with Crippen molar-refractivity contribution in [1.29, 1.82) is 0 Å². The first-order chi connectivity index (χ1) is 9.66. The molecule has 0 saturated carbocycles. The van der Waals surface area contributed by atoms with Gasteiger partial charge in [-0.15, -0.1) is 0 Å². The quantitative estimate of drug-likeness (QED) is 0.850. The van der Waals surface area contributed by atoms with E-state index in [1.165, 1.54) is 0 Å². The maximum Gasteiger partial charge on any atom is 0.343 e. The third kappa shape index (κ3) is 3.06. The molecule has 0 fully saturated rings. The zero-order valence-electron chi connectivity index (χ0n) is 11.5. The molecule has 3 nitrogen and oxygen atoms in total.